The van der Waals surface area contributed by atoms with Gasteiger partial charge in [-0.2, -0.15) is 0 Å². The fraction of sp³-hybridized carbons (Fsp3) is 1.00. The molecule has 3 aliphatic heterocycles. The molecule has 3 saturated heterocycles. The molecule has 0 saturated carbocycles. The average molecular weight is 253 g/mol. The minimum atomic E-state index is 0.404. The summed E-state index contributed by atoms with van der Waals surface area (Å²) in [5, 5.41) is 0. The lowest BCUT2D eigenvalue weighted by molar-refractivity contribution is -0.869. The number of quaternary nitrogens is 1. The summed E-state index contributed by atoms with van der Waals surface area (Å²) in [7, 11) is 6.85. The van der Waals surface area contributed by atoms with Gasteiger partial charge in [-0.25, -0.2) is 0 Å². The number of likely N-dealkylation sites (N-methyl/N-ethyl adjacent to an activating group) is 1. The van der Waals surface area contributed by atoms with Gasteiger partial charge in [-0.05, 0) is 12.8 Å². The van der Waals surface area contributed by atoms with E-state index in [-0.39, 0.29) is 0 Å². The first kappa shape index (κ1) is 12.9. The topological polar surface area (TPSA) is 12.5 Å². The molecule has 3 nitrogen and oxygen atoms in total. The van der Waals surface area contributed by atoms with Crippen LogP contribution in [0, 0.1) is 10.8 Å². The SMILES string of the molecule is C[C@@]12CN(CC[N+](C)(C)C)C[C@]1(C)[C@@H]1CC[C@@H]2O1. The highest BCUT2D eigenvalue weighted by Gasteiger charge is 2.67. The molecular formula is C15H29N2O+. The number of hydrogen-bond donors (Lipinski definition) is 0. The summed E-state index contributed by atoms with van der Waals surface area (Å²) in [6, 6.07) is 0. The summed E-state index contributed by atoms with van der Waals surface area (Å²) in [4.78, 5) is 2.69. The second kappa shape index (κ2) is 3.71. The van der Waals surface area contributed by atoms with Gasteiger partial charge in [-0.3, -0.25) is 4.90 Å². The van der Waals surface area contributed by atoms with Crippen molar-refractivity contribution in [2.24, 2.45) is 10.8 Å². The Morgan fingerprint density at radius 1 is 1.06 bits per heavy atom. The summed E-state index contributed by atoms with van der Waals surface area (Å²) >= 11 is 0. The Labute approximate surface area is 112 Å². The molecule has 3 aliphatic rings. The van der Waals surface area contributed by atoms with Crippen LogP contribution in [0.2, 0.25) is 0 Å². The van der Waals surface area contributed by atoms with Gasteiger partial charge in [0.25, 0.3) is 0 Å². The van der Waals surface area contributed by atoms with Gasteiger partial charge in [-0.1, -0.05) is 13.8 Å². The molecule has 0 aromatic rings. The van der Waals surface area contributed by atoms with Gasteiger partial charge in [-0.15, -0.1) is 0 Å². The maximum atomic E-state index is 6.21. The molecule has 0 spiro atoms. The van der Waals surface area contributed by atoms with E-state index in [1.807, 2.05) is 0 Å². The summed E-state index contributed by atoms with van der Waals surface area (Å²) in [5.74, 6) is 0. The van der Waals surface area contributed by atoms with Crippen LogP contribution in [0.3, 0.4) is 0 Å². The van der Waals surface area contributed by atoms with E-state index < -0.39 is 0 Å². The number of fused-ring (bicyclic) bond motifs is 5. The van der Waals surface area contributed by atoms with Crippen LogP contribution in [-0.4, -0.2) is 68.9 Å². The van der Waals surface area contributed by atoms with E-state index in [0.717, 1.165) is 4.48 Å². The van der Waals surface area contributed by atoms with Crippen molar-refractivity contribution >= 4 is 0 Å². The molecule has 18 heavy (non-hydrogen) atoms. The Morgan fingerprint density at radius 2 is 1.56 bits per heavy atom. The van der Waals surface area contributed by atoms with Crippen molar-refractivity contribution in [3.8, 4) is 0 Å². The summed E-state index contributed by atoms with van der Waals surface area (Å²) < 4.78 is 7.27. The maximum absolute atomic E-state index is 6.21. The van der Waals surface area contributed by atoms with Crippen LogP contribution < -0.4 is 0 Å². The van der Waals surface area contributed by atoms with Crippen molar-refractivity contribution in [2.45, 2.75) is 38.9 Å². The Morgan fingerprint density at radius 3 is 2.00 bits per heavy atom. The lowest BCUT2D eigenvalue weighted by Crippen LogP contribution is -2.45. The van der Waals surface area contributed by atoms with Crippen molar-refractivity contribution in [2.75, 3.05) is 47.3 Å². The van der Waals surface area contributed by atoms with E-state index in [0.29, 0.717) is 23.0 Å². The Kier molecular flexibility index (Phi) is 2.66. The van der Waals surface area contributed by atoms with E-state index in [9.17, 15) is 0 Å². The first-order valence-corrected chi connectivity index (χ1v) is 7.43. The van der Waals surface area contributed by atoms with E-state index in [1.54, 1.807) is 0 Å². The second-order valence-corrected chi connectivity index (χ2v) is 8.25. The summed E-state index contributed by atoms with van der Waals surface area (Å²) in [5.41, 5.74) is 0.807. The average Bonchev–Trinajstić information content (AvgIpc) is 2.84. The molecule has 4 atom stereocenters. The van der Waals surface area contributed by atoms with Crippen LogP contribution in [0.1, 0.15) is 26.7 Å². The molecule has 0 N–H and O–H groups in total. The molecule has 2 bridgehead atoms. The molecular weight excluding hydrogens is 224 g/mol. The maximum Gasteiger partial charge on any atom is 0.0909 e. The molecule has 104 valence electrons. The molecule has 0 aromatic carbocycles. The molecule has 0 unspecified atom stereocenters. The normalized spacial score (nSPS) is 47.8. The number of ether oxygens (including phenoxy) is 1. The van der Waals surface area contributed by atoms with E-state index >= 15 is 0 Å². The van der Waals surface area contributed by atoms with Gasteiger partial charge in [0.1, 0.15) is 0 Å². The Balaban J connectivity index is 1.71. The smallest absolute Gasteiger partial charge is 0.0909 e. The molecule has 0 aromatic heterocycles. The Bertz CT molecular complexity index is 327. The molecule has 0 amide bonds. The van der Waals surface area contributed by atoms with Crippen LogP contribution in [0.5, 0.6) is 0 Å². The van der Waals surface area contributed by atoms with E-state index in [1.165, 1.54) is 39.0 Å². The zero-order valence-corrected chi connectivity index (χ0v) is 12.7. The van der Waals surface area contributed by atoms with Gasteiger partial charge in [0.05, 0.1) is 39.9 Å². The molecule has 0 radical (unpaired) electrons. The van der Waals surface area contributed by atoms with Crippen LogP contribution >= 0.6 is 0 Å². The van der Waals surface area contributed by atoms with Gasteiger partial charge in [0.2, 0.25) is 0 Å². The number of likely N-dealkylation sites (tertiary alicyclic amines) is 1. The highest BCUT2D eigenvalue weighted by Crippen LogP contribution is 2.62. The number of nitrogens with zero attached hydrogens (tertiary/aromatic N) is 2. The van der Waals surface area contributed by atoms with Gasteiger partial charge in [0.15, 0.2) is 0 Å². The predicted molar refractivity (Wildman–Crippen MR) is 73.4 cm³/mol. The van der Waals surface area contributed by atoms with Gasteiger partial charge in [0, 0.05) is 30.5 Å². The summed E-state index contributed by atoms with van der Waals surface area (Å²) in [6.07, 6.45) is 3.64. The second-order valence-electron chi connectivity index (χ2n) is 8.25. The minimum absolute atomic E-state index is 0.404. The number of hydrogen-bond acceptors (Lipinski definition) is 2. The Hall–Kier alpha value is -0.120. The molecule has 3 rings (SSSR count). The highest BCUT2D eigenvalue weighted by molar-refractivity contribution is 5.16. The van der Waals surface area contributed by atoms with Crippen LogP contribution in [0.15, 0.2) is 0 Å². The first-order valence-electron chi connectivity index (χ1n) is 7.43. The largest absolute Gasteiger partial charge is 0.374 e. The fourth-order valence-corrected chi connectivity index (χ4v) is 4.46. The fourth-order valence-electron chi connectivity index (χ4n) is 4.46. The van der Waals surface area contributed by atoms with Crippen LogP contribution in [-0.2, 0) is 4.74 Å². The first-order chi connectivity index (χ1) is 8.25. The van der Waals surface area contributed by atoms with Crippen molar-refractivity contribution in [3.05, 3.63) is 0 Å². The summed E-state index contributed by atoms with van der Waals surface area (Å²) in [6.45, 7) is 9.90. The van der Waals surface area contributed by atoms with Crippen molar-refractivity contribution < 1.29 is 9.22 Å². The third kappa shape index (κ3) is 1.67. The third-order valence-electron chi connectivity index (χ3n) is 5.94. The predicted octanol–water partition coefficient (Wildman–Crippen LogP) is 1.58. The zero-order chi connectivity index (χ0) is 13.2. The molecule has 3 heterocycles. The highest BCUT2D eigenvalue weighted by atomic mass is 16.5. The lowest BCUT2D eigenvalue weighted by Gasteiger charge is -2.40. The van der Waals surface area contributed by atoms with Crippen LogP contribution in [0.4, 0.5) is 0 Å². The van der Waals surface area contributed by atoms with E-state index in [4.69, 9.17) is 4.74 Å². The van der Waals surface area contributed by atoms with Gasteiger partial charge < -0.3 is 9.22 Å². The molecule has 0 aliphatic carbocycles. The zero-order valence-electron chi connectivity index (χ0n) is 12.7. The van der Waals surface area contributed by atoms with Crippen molar-refractivity contribution in [3.63, 3.8) is 0 Å². The lowest BCUT2D eigenvalue weighted by atomic mass is 9.60. The van der Waals surface area contributed by atoms with E-state index in [2.05, 4.69) is 39.9 Å². The standard InChI is InChI=1S/C15H29N2O/c1-14-10-16(8-9-17(3,4)5)11-15(14,2)13-7-6-12(14)18-13/h12-13H,6-11H2,1-5H3/q+1/t12-,13-,14-,15+/m0/s1. The molecule has 3 heteroatoms. The van der Waals surface area contributed by atoms with Crippen molar-refractivity contribution in [1.29, 1.82) is 0 Å². The monoisotopic (exact) mass is 253 g/mol. The number of rotatable bonds is 3. The molecule has 3 fully saturated rings. The minimum Gasteiger partial charge on any atom is -0.374 e. The third-order valence-corrected chi connectivity index (χ3v) is 5.94. The van der Waals surface area contributed by atoms with Crippen molar-refractivity contribution in [1.82, 2.24) is 4.90 Å². The van der Waals surface area contributed by atoms with Crippen LogP contribution in [0.25, 0.3) is 0 Å². The van der Waals surface area contributed by atoms with Gasteiger partial charge >= 0.3 is 0 Å². The quantitative estimate of drug-likeness (QED) is 0.708.